The molecule has 1 aliphatic heterocycles. The van der Waals surface area contributed by atoms with E-state index in [4.69, 9.17) is 11.6 Å². The Morgan fingerprint density at radius 3 is 2.19 bits per heavy atom. The molecule has 1 rings (SSSR count). The van der Waals surface area contributed by atoms with Crippen molar-refractivity contribution in [2.24, 2.45) is 0 Å². The third-order valence-corrected chi connectivity index (χ3v) is 6.15. The highest BCUT2D eigenvalue weighted by Gasteiger charge is 2.29. The van der Waals surface area contributed by atoms with Crippen molar-refractivity contribution in [3.05, 3.63) is 0 Å². The molecule has 1 aliphatic rings. The topological polar surface area (TPSA) is 37.4 Å². The molecule has 5 heteroatoms. The Hall–Kier alpha value is 0.200. The average Bonchev–Trinajstić information content (AvgIpc) is 2.15. The maximum Gasteiger partial charge on any atom is 0.156 e. The van der Waals surface area contributed by atoms with Crippen LogP contribution in [0.1, 0.15) is 33.6 Å². The van der Waals surface area contributed by atoms with Gasteiger partial charge in [0.25, 0.3) is 0 Å². The zero-order valence-corrected chi connectivity index (χ0v) is 11.9. The normalized spacial score (nSPS) is 21.2. The highest BCUT2D eigenvalue weighted by molar-refractivity contribution is 7.92. The molecule has 3 nitrogen and oxygen atoms in total. The molecule has 0 atom stereocenters. The van der Waals surface area contributed by atoms with E-state index in [1.165, 1.54) is 0 Å². The Bertz CT molecular complexity index is 313. The fraction of sp³-hybridized carbons (Fsp3) is 1.00. The summed E-state index contributed by atoms with van der Waals surface area (Å²) >= 11 is 6.00. The van der Waals surface area contributed by atoms with Crippen molar-refractivity contribution in [1.82, 2.24) is 4.90 Å². The number of rotatable bonds is 3. The summed E-state index contributed by atoms with van der Waals surface area (Å²) in [4.78, 5) is 2.20. The lowest BCUT2D eigenvalue weighted by Crippen LogP contribution is -2.40. The van der Waals surface area contributed by atoms with Gasteiger partial charge in [0, 0.05) is 11.9 Å². The molecule has 0 bridgehead atoms. The second-order valence-corrected chi connectivity index (χ2v) is 8.93. The monoisotopic (exact) mass is 267 g/mol. The Labute approximate surface area is 104 Å². The van der Waals surface area contributed by atoms with E-state index in [2.05, 4.69) is 4.90 Å². The number of hydrogen-bond donors (Lipinski definition) is 0. The van der Waals surface area contributed by atoms with E-state index in [0.29, 0.717) is 6.54 Å². The van der Waals surface area contributed by atoms with E-state index < -0.39 is 14.6 Å². The van der Waals surface area contributed by atoms with Crippen LogP contribution in [0, 0.1) is 0 Å². The van der Waals surface area contributed by atoms with E-state index in [-0.39, 0.29) is 11.1 Å². The molecular weight excluding hydrogens is 246 g/mol. The van der Waals surface area contributed by atoms with E-state index in [1.807, 2.05) is 0 Å². The number of alkyl halides is 1. The van der Waals surface area contributed by atoms with Crippen molar-refractivity contribution >= 4 is 21.4 Å². The molecule has 1 saturated heterocycles. The van der Waals surface area contributed by atoms with Crippen LogP contribution < -0.4 is 0 Å². The number of sulfone groups is 1. The third-order valence-electron chi connectivity index (χ3n) is 3.13. The number of hydrogen-bond acceptors (Lipinski definition) is 3. The van der Waals surface area contributed by atoms with Crippen LogP contribution in [0.5, 0.6) is 0 Å². The van der Waals surface area contributed by atoms with Crippen molar-refractivity contribution in [2.75, 3.05) is 25.4 Å². The van der Waals surface area contributed by atoms with Gasteiger partial charge >= 0.3 is 0 Å². The van der Waals surface area contributed by atoms with Crippen LogP contribution in [0.4, 0.5) is 0 Å². The summed E-state index contributed by atoms with van der Waals surface area (Å²) in [5.41, 5.74) is 0. The number of nitrogens with zero attached hydrogens (tertiary/aromatic N) is 1. The van der Waals surface area contributed by atoms with E-state index >= 15 is 0 Å². The van der Waals surface area contributed by atoms with Gasteiger partial charge in [0.2, 0.25) is 0 Å². The summed E-state index contributed by atoms with van der Waals surface area (Å²) in [6.07, 6.45) is 1.94. The van der Waals surface area contributed by atoms with Crippen molar-refractivity contribution in [2.45, 2.75) is 43.7 Å². The highest BCUT2D eigenvalue weighted by Crippen LogP contribution is 2.18. The van der Waals surface area contributed by atoms with Gasteiger partial charge in [0.1, 0.15) is 0 Å². The zero-order chi connectivity index (χ0) is 12.4. The van der Waals surface area contributed by atoms with Gasteiger partial charge in [-0.15, -0.1) is 11.6 Å². The number of likely N-dealkylation sites (tertiary alicyclic amines) is 1. The average molecular weight is 268 g/mol. The summed E-state index contributed by atoms with van der Waals surface area (Å²) in [5, 5.41) is 0.274. The Kier molecular flexibility index (Phi) is 4.66. The first-order valence-corrected chi connectivity index (χ1v) is 7.90. The van der Waals surface area contributed by atoms with Crippen molar-refractivity contribution < 1.29 is 8.42 Å². The largest absolute Gasteiger partial charge is 0.302 e. The standard InChI is InChI=1S/C11H22ClNO2S/c1-11(2,3)16(14,15)9-8-13-6-4-10(12)5-7-13/h10H,4-9H2,1-3H3. The molecule has 0 radical (unpaired) electrons. The summed E-state index contributed by atoms with van der Waals surface area (Å²) < 4.78 is 23.2. The van der Waals surface area contributed by atoms with E-state index in [0.717, 1.165) is 25.9 Å². The van der Waals surface area contributed by atoms with Crippen LogP contribution in [-0.4, -0.2) is 48.8 Å². The summed E-state index contributed by atoms with van der Waals surface area (Å²) in [7, 11) is -2.99. The fourth-order valence-corrected chi connectivity index (χ4v) is 2.99. The second-order valence-electron chi connectivity index (χ2n) is 5.45. The lowest BCUT2D eigenvalue weighted by Gasteiger charge is -2.30. The predicted octanol–water partition coefficient (Wildman–Crippen LogP) is 1.90. The van der Waals surface area contributed by atoms with Gasteiger partial charge in [-0.2, -0.15) is 0 Å². The maximum absolute atomic E-state index is 11.9. The smallest absolute Gasteiger partial charge is 0.156 e. The van der Waals surface area contributed by atoms with Crippen LogP contribution in [0.15, 0.2) is 0 Å². The quantitative estimate of drug-likeness (QED) is 0.733. The minimum atomic E-state index is -2.99. The van der Waals surface area contributed by atoms with Crippen LogP contribution in [0.3, 0.4) is 0 Å². The molecule has 1 fully saturated rings. The SMILES string of the molecule is CC(C)(C)S(=O)(=O)CCN1CCC(Cl)CC1. The molecule has 0 aliphatic carbocycles. The molecule has 0 saturated carbocycles. The van der Waals surface area contributed by atoms with Gasteiger partial charge in [-0.1, -0.05) is 0 Å². The first kappa shape index (κ1) is 14.3. The molecule has 0 aromatic heterocycles. The van der Waals surface area contributed by atoms with Gasteiger partial charge in [0.05, 0.1) is 10.5 Å². The van der Waals surface area contributed by atoms with Gasteiger partial charge in [-0.25, -0.2) is 8.42 Å². The van der Waals surface area contributed by atoms with Crippen molar-refractivity contribution in [3.8, 4) is 0 Å². The Balaban J connectivity index is 2.41. The number of piperidine rings is 1. The van der Waals surface area contributed by atoms with Crippen molar-refractivity contribution in [1.29, 1.82) is 0 Å². The van der Waals surface area contributed by atoms with Gasteiger partial charge in [0.15, 0.2) is 9.84 Å². The molecule has 0 N–H and O–H groups in total. The van der Waals surface area contributed by atoms with E-state index in [1.54, 1.807) is 20.8 Å². The summed E-state index contributed by atoms with van der Waals surface area (Å²) in [6, 6.07) is 0. The van der Waals surface area contributed by atoms with Gasteiger partial charge in [-0.05, 0) is 46.7 Å². The van der Waals surface area contributed by atoms with Crippen LogP contribution in [-0.2, 0) is 9.84 Å². The molecule has 96 valence electrons. The second kappa shape index (κ2) is 5.23. The third kappa shape index (κ3) is 3.90. The number of halogens is 1. The van der Waals surface area contributed by atoms with E-state index in [9.17, 15) is 8.42 Å². The molecule has 0 spiro atoms. The zero-order valence-electron chi connectivity index (χ0n) is 10.4. The minimum Gasteiger partial charge on any atom is -0.302 e. The maximum atomic E-state index is 11.9. The van der Waals surface area contributed by atoms with Gasteiger partial charge in [-0.3, -0.25) is 0 Å². The lowest BCUT2D eigenvalue weighted by atomic mass is 10.1. The molecule has 16 heavy (non-hydrogen) atoms. The minimum absolute atomic E-state index is 0.253. The van der Waals surface area contributed by atoms with Crippen LogP contribution >= 0.6 is 11.6 Å². The van der Waals surface area contributed by atoms with Crippen molar-refractivity contribution in [3.63, 3.8) is 0 Å². The summed E-state index contributed by atoms with van der Waals surface area (Å²) in [6.45, 7) is 7.76. The predicted molar refractivity (Wildman–Crippen MR) is 68.9 cm³/mol. The lowest BCUT2D eigenvalue weighted by molar-refractivity contribution is 0.243. The Morgan fingerprint density at radius 1 is 1.25 bits per heavy atom. The van der Waals surface area contributed by atoms with Crippen LogP contribution in [0.2, 0.25) is 0 Å². The molecule has 0 aromatic carbocycles. The molecule has 0 unspecified atom stereocenters. The molecule has 0 aromatic rings. The Morgan fingerprint density at radius 2 is 1.75 bits per heavy atom. The molecule has 0 amide bonds. The first-order chi connectivity index (χ1) is 7.22. The first-order valence-electron chi connectivity index (χ1n) is 5.81. The molecular formula is C11H22ClNO2S. The summed E-state index contributed by atoms with van der Waals surface area (Å²) in [5.74, 6) is 0.253. The van der Waals surface area contributed by atoms with Crippen LogP contribution in [0.25, 0.3) is 0 Å². The van der Waals surface area contributed by atoms with Gasteiger partial charge < -0.3 is 4.90 Å². The highest BCUT2D eigenvalue weighted by atomic mass is 35.5. The molecule has 1 heterocycles. The fourth-order valence-electron chi connectivity index (χ4n) is 1.68.